The zero-order valence-electron chi connectivity index (χ0n) is 16.5. The lowest BCUT2D eigenvalue weighted by molar-refractivity contribution is 0.413. The molecular weight excluding hydrogens is 408 g/mol. The number of ether oxygens (including phenoxy) is 1. The van der Waals surface area contributed by atoms with Gasteiger partial charge in [-0.2, -0.15) is 16.4 Å². The van der Waals surface area contributed by atoms with Gasteiger partial charge in [0.1, 0.15) is 22.6 Å². The van der Waals surface area contributed by atoms with Crippen LogP contribution in [-0.4, -0.2) is 37.2 Å². The zero-order valence-corrected chi connectivity index (χ0v) is 17.3. The third-order valence-electron chi connectivity index (χ3n) is 5.27. The van der Waals surface area contributed by atoms with E-state index in [1.165, 1.54) is 5.56 Å². The number of aromatic amines is 2. The van der Waals surface area contributed by atoms with Crippen LogP contribution in [-0.2, 0) is 0 Å². The van der Waals surface area contributed by atoms with Crippen molar-refractivity contribution in [1.82, 2.24) is 30.1 Å². The minimum Gasteiger partial charge on any atom is -0.495 e. The topological polar surface area (TPSA) is 92.4 Å². The highest BCUT2D eigenvalue weighted by atomic mass is 32.1. The van der Waals surface area contributed by atoms with Gasteiger partial charge in [0.15, 0.2) is 0 Å². The number of methoxy groups -OCH3 is 1. The van der Waals surface area contributed by atoms with Crippen molar-refractivity contribution in [2.75, 3.05) is 7.11 Å². The number of nitrogens with zero attached hydrogens (tertiary/aromatic N) is 4. The van der Waals surface area contributed by atoms with Gasteiger partial charge in [-0.3, -0.25) is 10.1 Å². The van der Waals surface area contributed by atoms with Gasteiger partial charge in [0.2, 0.25) is 0 Å². The Labute approximate surface area is 180 Å². The lowest BCUT2D eigenvalue weighted by Crippen LogP contribution is -1.89. The quantitative estimate of drug-likeness (QED) is 0.401. The predicted octanol–water partition coefficient (Wildman–Crippen LogP) is 5.30. The molecule has 0 saturated heterocycles. The van der Waals surface area contributed by atoms with Crippen LogP contribution < -0.4 is 4.74 Å². The minimum atomic E-state index is 0.689. The van der Waals surface area contributed by atoms with Crippen LogP contribution in [0.3, 0.4) is 0 Å². The average molecular weight is 424 g/mol. The lowest BCUT2D eigenvalue weighted by atomic mass is 10.1. The van der Waals surface area contributed by atoms with E-state index in [9.17, 15) is 0 Å². The van der Waals surface area contributed by atoms with E-state index in [1.54, 1.807) is 30.8 Å². The molecule has 0 radical (unpaired) electrons. The molecule has 0 saturated carbocycles. The molecule has 0 spiro atoms. The Morgan fingerprint density at radius 2 is 2.00 bits per heavy atom. The van der Waals surface area contributed by atoms with E-state index in [1.807, 2.05) is 30.5 Å². The fourth-order valence-corrected chi connectivity index (χ4v) is 4.40. The van der Waals surface area contributed by atoms with Crippen molar-refractivity contribution in [3.63, 3.8) is 0 Å². The van der Waals surface area contributed by atoms with Crippen molar-refractivity contribution in [2.45, 2.75) is 0 Å². The van der Waals surface area contributed by atoms with Crippen LogP contribution in [0.1, 0.15) is 0 Å². The third-order valence-corrected chi connectivity index (χ3v) is 5.95. The number of rotatable bonds is 4. The van der Waals surface area contributed by atoms with E-state index in [4.69, 9.17) is 9.72 Å². The Balaban J connectivity index is 1.50. The Morgan fingerprint density at radius 3 is 2.87 bits per heavy atom. The van der Waals surface area contributed by atoms with Gasteiger partial charge in [0.05, 0.1) is 30.2 Å². The molecular formula is C23H16N6OS. The van der Waals surface area contributed by atoms with E-state index in [-0.39, 0.29) is 0 Å². The Bertz CT molecular complexity index is 1530. The molecule has 7 nitrogen and oxygen atoms in total. The van der Waals surface area contributed by atoms with Crippen LogP contribution in [0, 0.1) is 0 Å². The summed E-state index contributed by atoms with van der Waals surface area (Å²) in [6.07, 6.45) is 5.27. The SMILES string of the molecule is COc1cncc(-c2ccc3[nH]nc(-c4cc5c(-c6ccsc6)ccnc5[nH]4)c3n2)c1. The fourth-order valence-electron chi connectivity index (χ4n) is 3.74. The van der Waals surface area contributed by atoms with Gasteiger partial charge in [-0.15, -0.1) is 0 Å². The molecule has 0 aromatic carbocycles. The molecule has 0 atom stereocenters. The number of hydrogen-bond acceptors (Lipinski definition) is 6. The van der Waals surface area contributed by atoms with Crippen molar-refractivity contribution in [1.29, 1.82) is 0 Å². The average Bonchev–Trinajstić information content (AvgIpc) is 3.57. The number of hydrogen-bond donors (Lipinski definition) is 2. The summed E-state index contributed by atoms with van der Waals surface area (Å²) in [7, 11) is 1.62. The molecule has 0 bridgehead atoms. The van der Waals surface area contributed by atoms with Crippen LogP contribution in [0.25, 0.3) is 55.8 Å². The van der Waals surface area contributed by atoms with Crippen molar-refractivity contribution < 1.29 is 4.74 Å². The number of fused-ring (bicyclic) bond motifs is 2. The smallest absolute Gasteiger partial charge is 0.138 e. The summed E-state index contributed by atoms with van der Waals surface area (Å²) in [6, 6.07) is 12.1. The standard InChI is InChI=1S/C23H16N6OS/c1-30-15-8-14(10-24-11-15)18-2-3-19-21(26-18)22(29-28-19)20-9-17-16(13-5-7-31-12-13)4-6-25-23(17)27-20/h2-12H,1H3,(H,25,27)(H,28,29). The number of nitrogens with one attached hydrogen (secondary N) is 2. The maximum atomic E-state index is 5.30. The first-order valence-corrected chi connectivity index (χ1v) is 10.6. The maximum absolute atomic E-state index is 5.30. The van der Waals surface area contributed by atoms with Gasteiger partial charge in [-0.05, 0) is 58.3 Å². The second kappa shape index (κ2) is 7.03. The molecule has 31 heavy (non-hydrogen) atoms. The molecule has 6 aromatic rings. The Morgan fingerprint density at radius 1 is 1.03 bits per heavy atom. The predicted molar refractivity (Wildman–Crippen MR) is 122 cm³/mol. The van der Waals surface area contributed by atoms with Gasteiger partial charge >= 0.3 is 0 Å². The van der Waals surface area contributed by atoms with E-state index in [0.29, 0.717) is 5.75 Å². The van der Waals surface area contributed by atoms with Crippen LogP contribution in [0.15, 0.2) is 65.7 Å². The van der Waals surface area contributed by atoms with Crippen molar-refractivity contribution in [3.05, 3.63) is 65.7 Å². The summed E-state index contributed by atoms with van der Waals surface area (Å²) >= 11 is 1.68. The summed E-state index contributed by atoms with van der Waals surface area (Å²) in [5, 5.41) is 12.9. The fraction of sp³-hybridized carbons (Fsp3) is 0.0435. The highest BCUT2D eigenvalue weighted by Crippen LogP contribution is 2.34. The second-order valence-electron chi connectivity index (χ2n) is 7.09. The summed E-state index contributed by atoms with van der Waals surface area (Å²) in [6.45, 7) is 0. The number of aromatic nitrogens is 6. The second-order valence-corrected chi connectivity index (χ2v) is 7.87. The number of pyridine rings is 3. The molecule has 150 valence electrons. The molecule has 6 rings (SSSR count). The molecule has 0 unspecified atom stereocenters. The Kier molecular flexibility index (Phi) is 4.03. The van der Waals surface area contributed by atoms with E-state index < -0.39 is 0 Å². The molecule has 6 heterocycles. The van der Waals surface area contributed by atoms with Gasteiger partial charge in [0.25, 0.3) is 0 Å². The molecule has 0 amide bonds. The van der Waals surface area contributed by atoms with Crippen LogP contribution >= 0.6 is 11.3 Å². The molecule has 8 heteroatoms. The summed E-state index contributed by atoms with van der Waals surface area (Å²) < 4.78 is 5.30. The first kappa shape index (κ1) is 17.8. The Hall–Kier alpha value is -4.04. The first-order chi connectivity index (χ1) is 15.3. The first-order valence-electron chi connectivity index (χ1n) is 9.65. The van der Waals surface area contributed by atoms with Crippen molar-refractivity contribution in [2.24, 2.45) is 0 Å². The summed E-state index contributed by atoms with van der Waals surface area (Å²) in [5.74, 6) is 0.689. The zero-order chi connectivity index (χ0) is 20.8. The van der Waals surface area contributed by atoms with Gasteiger partial charge < -0.3 is 9.72 Å². The lowest BCUT2D eigenvalue weighted by Gasteiger charge is -2.04. The maximum Gasteiger partial charge on any atom is 0.138 e. The molecule has 0 aliphatic rings. The monoisotopic (exact) mass is 424 g/mol. The molecule has 2 N–H and O–H groups in total. The molecule has 6 aromatic heterocycles. The van der Waals surface area contributed by atoms with E-state index >= 15 is 0 Å². The molecule has 0 aliphatic carbocycles. The van der Waals surface area contributed by atoms with E-state index in [2.05, 4.69) is 48.0 Å². The normalized spacial score (nSPS) is 11.4. The van der Waals surface area contributed by atoms with Gasteiger partial charge in [-0.1, -0.05) is 0 Å². The highest BCUT2D eigenvalue weighted by Gasteiger charge is 2.16. The van der Waals surface area contributed by atoms with E-state index in [0.717, 1.165) is 50.3 Å². The summed E-state index contributed by atoms with van der Waals surface area (Å²) in [4.78, 5) is 17.0. The van der Waals surface area contributed by atoms with Gasteiger partial charge in [0, 0.05) is 23.3 Å². The third kappa shape index (κ3) is 2.96. The molecule has 0 fully saturated rings. The van der Waals surface area contributed by atoms with Gasteiger partial charge in [-0.25, -0.2) is 9.97 Å². The van der Waals surface area contributed by atoms with Crippen LogP contribution in [0.5, 0.6) is 5.75 Å². The minimum absolute atomic E-state index is 0.689. The summed E-state index contributed by atoms with van der Waals surface area (Å²) in [5.41, 5.74) is 8.09. The largest absolute Gasteiger partial charge is 0.495 e. The van der Waals surface area contributed by atoms with Crippen LogP contribution in [0.4, 0.5) is 0 Å². The number of thiophene rings is 1. The highest BCUT2D eigenvalue weighted by molar-refractivity contribution is 7.08. The molecule has 0 aliphatic heterocycles. The van der Waals surface area contributed by atoms with Crippen molar-refractivity contribution in [3.8, 4) is 39.5 Å². The van der Waals surface area contributed by atoms with Crippen molar-refractivity contribution >= 4 is 33.4 Å². The number of H-pyrrole nitrogens is 2. The van der Waals surface area contributed by atoms with Crippen LogP contribution in [0.2, 0.25) is 0 Å².